The first kappa shape index (κ1) is 45.2. The summed E-state index contributed by atoms with van der Waals surface area (Å²) in [6.07, 6.45) is 19.7. The Kier molecular flexibility index (Phi) is 18.8. The molecule has 1 fully saturated rings. The van der Waals surface area contributed by atoms with Gasteiger partial charge in [-0.25, -0.2) is 13.6 Å². The molecule has 2 aliphatic rings. The zero-order valence-electron chi connectivity index (χ0n) is 34.3. The normalized spacial score (nSPS) is 17.8. The minimum absolute atomic E-state index is 0.0136. The average Bonchev–Trinajstić information content (AvgIpc) is 3.34. The molecule has 1 aromatic heterocycles. The number of nitrogens with zero attached hydrogens (tertiary/aromatic N) is 3. The minimum atomic E-state index is -1.18. The van der Waals surface area contributed by atoms with E-state index in [9.17, 15) is 28.0 Å². The summed E-state index contributed by atoms with van der Waals surface area (Å²) in [4.78, 5) is 62.1. The summed E-state index contributed by atoms with van der Waals surface area (Å²) in [5, 5.41) is 6.54. The molecule has 57 heavy (non-hydrogen) atoms. The number of hydrogen-bond donors (Lipinski definition) is 1. The molecule has 2 amide bonds. The molecule has 14 heteroatoms. The third-order valence-electron chi connectivity index (χ3n) is 10.9. The van der Waals surface area contributed by atoms with Gasteiger partial charge in [-0.15, -0.1) is 0 Å². The van der Waals surface area contributed by atoms with Gasteiger partial charge >= 0.3 is 6.16 Å². The molecule has 316 valence electrons. The number of unbranched alkanes of at least 4 members (excludes halogenated alkanes) is 15. The van der Waals surface area contributed by atoms with Crippen LogP contribution in [0.3, 0.4) is 0 Å². The Hall–Kier alpha value is -4.49. The topological polar surface area (TPSA) is 138 Å². The van der Waals surface area contributed by atoms with Crippen molar-refractivity contribution in [2.45, 2.75) is 161 Å². The lowest BCUT2D eigenvalue weighted by Crippen LogP contribution is -2.49. The monoisotopic (exact) mass is 800 g/mol. The van der Waals surface area contributed by atoms with E-state index in [4.69, 9.17) is 19.0 Å². The van der Waals surface area contributed by atoms with Crippen LogP contribution in [0.25, 0.3) is 0 Å². The molecular formula is C43H62F2N4O8. The van der Waals surface area contributed by atoms with E-state index in [1.807, 2.05) is 6.92 Å². The number of hydrogen-bond acceptors (Lipinski definition) is 9. The number of pyridine rings is 1. The van der Waals surface area contributed by atoms with Crippen molar-refractivity contribution in [2.24, 2.45) is 5.16 Å². The van der Waals surface area contributed by atoms with Crippen molar-refractivity contribution in [3.63, 3.8) is 0 Å². The summed E-state index contributed by atoms with van der Waals surface area (Å²) in [5.41, 5.74) is -1.73. The Morgan fingerprint density at radius 2 is 1.51 bits per heavy atom. The first-order chi connectivity index (χ1) is 27.5. The van der Waals surface area contributed by atoms with E-state index in [-0.39, 0.29) is 42.9 Å². The maximum Gasteiger partial charge on any atom is 0.514 e. The number of aromatic nitrogens is 1. The third kappa shape index (κ3) is 13.6. The lowest BCUT2D eigenvalue weighted by atomic mass is 10.0. The van der Waals surface area contributed by atoms with Crippen molar-refractivity contribution in [3.05, 3.63) is 63.1 Å². The molecule has 1 saturated heterocycles. The second kappa shape index (κ2) is 23.7. The molecule has 2 aromatic rings. The van der Waals surface area contributed by atoms with E-state index in [0.29, 0.717) is 25.3 Å². The van der Waals surface area contributed by atoms with E-state index >= 15 is 0 Å². The standard InChI is InChI=1S/C43H62F2N4O8/c1-5-6-7-8-9-10-11-12-13-14-15-16-17-18-19-20-25-55-43(53)56-40-38-42(52)48-29-36(37(24-21-30(48)2)57-47-31(3)54-4)49(38)28-34(39(40)50)41(51)46-27-32-22-23-33(44)26-35(32)45/h22-23,26,28,30,36-37H,5-21,24-25,27,29H2,1-4H3,(H,46,51)/b47-31+. The van der Waals surface area contributed by atoms with E-state index in [0.717, 1.165) is 25.3 Å². The molecule has 3 atom stereocenters. The Morgan fingerprint density at radius 1 is 0.895 bits per heavy atom. The van der Waals surface area contributed by atoms with Gasteiger partial charge in [0.15, 0.2) is 5.69 Å². The highest BCUT2D eigenvalue weighted by Crippen LogP contribution is 2.36. The summed E-state index contributed by atoms with van der Waals surface area (Å²) >= 11 is 0. The minimum Gasteiger partial charge on any atom is -0.482 e. The number of ether oxygens (including phenoxy) is 3. The maximum atomic E-state index is 14.4. The average molecular weight is 801 g/mol. The lowest BCUT2D eigenvalue weighted by molar-refractivity contribution is 0.00462. The summed E-state index contributed by atoms with van der Waals surface area (Å²) in [7, 11) is 1.45. The largest absolute Gasteiger partial charge is 0.514 e. The smallest absolute Gasteiger partial charge is 0.482 e. The molecule has 2 bridgehead atoms. The summed E-state index contributed by atoms with van der Waals surface area (Å²) < 4.78 is 45.3. The number of fused-ring (bicyclic) bond motifs is 4. The predicted molar refractivity (Wildman–Crippen MR) is 214 cm³/mol. The number of carbonyl (C=O) groups excluding carboxylic acids is 3. The Balaban J connectivity index is 1.39. The number of oxime groups is 1. The van der Waals surface area contributed by atoms with Crippen LogP contribution in [0, 0.1) is 11.6 Å². The molecule has 4 rings (SSSR count). The Bertz CT molecular complexity index is 1720. The lowest BCUT2D eigenvalue weighted by Gasteiger charge is -2.38. The molecule has 1 aromatic carbocycles. The van der Waals surface area contributed by atoms with Gasteiger partial charge < -0.3 is 33.8 Å². The number of halogens is 2. The van der Waals surface area contributed by atoms with E-state index < -0.39 is 58.5 Å². The highest BCUT2D eigenvalue weighted by Gasteiger charge is 2.44. The molecule has 3 unspecified atom stereocenters. The number of rotatable bonds is 23. The van der Waals surface area contributed by atoms with Crippen molar-refractivity contribution < 1.29 is 42.2 Å². The van der Waals surface area contributed by atoms with Crippen molar-refractivity contribution >= 4 is 23.9 Å². The predicted octanol–water partition coefficient (Wildman–Crippen LogP) is 9.38. The van der Waals surface area contributed by atoms with Gasteiger partial charge in [-0.2, -0.15) is 0 Å². The van der Waals surface area contributed by atoms with Gasteiger partial charge in [-0.05, 0) is 32.3 Å². The molecule has 3 heterocycles. The van der Waals surface area contributed by atoms with Gasteiger partial charge in [-0.1, -0.05) is 114 Å². The second-order valence-corrected chi connectivity index (χ2v) is 15.3. The molecular weight excluding hydrogens is 738 g/mol. The van der Waals surface area contributed by atoms with Crippen LogP contribution < -0.4 is 15.5 Å². The van der Waals surface area contributed by atoms with E-state index in [1.165, 1.54) is 101 Å². The maximum absolute atomic E-state index is 14.4. The molecule has 0 spiro atoms. The second-order valence-electron chi connectivity index (χ2n) is 15.3. The van der Waals surface area contributed by atoms with Gasteiger partial charge in [0, 0.05) is 43.9 Å². The van der Waals surface area contributed by atoms with Crippen LogP contribution in [0.4, 0.5) is 13.6 Å². The summed E-state index contributed by atoms with van der Waals surface area (Å²) in [5.74, 6) is -3.53. The number of nitrogens with one attached hydrogen (secondary N) is 1. The van der Waals surface area contributed by atoms with Crippen LogP contribution in [0.5, 0.6) is 5.75 Å². The molecule has 0 saturated carbocycles. The van der Waals surface area contributed by atoms with Crippen LogP contribution in [0.2, 0.25) is 0 Å². The number of amides is 2. The van der Waals surface area contributed by atoms with Crippen LogP contribution in [0.15, 0.2) is 34.3 Å². The van der Waals surface area contributed by atoms with Gasteiger partial charge in [0.1, 0.15) is 23.3 Å². The molecule has 1 N–H and O–H groups in total. The van der Waals surface area contributed by atoms with Gasteiger partial charge in [0.05, 0.1) is 19.8 Å². The highest BCUT2D eigenvalue weighted by atomic mass is 19.1. The SMILES string of the molecule is CCCCCCCCCCCCCCCCCCOC(=O)Oc1c2n(cc(C(=O)NCc3ccc(F)cc3F)c1=O)C1CN(C2=O)C(C)CCC1O/N=C(\C)OC. The van der Waals surface area contributed by atoms with Crippen molar-refractivity contribution in [1.82, 2.24) is 14.8 Å². The molecule has 0 radical (unpaired) electrons. The molecule has 2 aliphatic heterocycles. The molecule has 12 nitrogen and oxygen atoms in total. The van der Waals surface area contributed by atoms with Crippen molar-refractivity contribution in [3.8, 4) is 5.75 Å². The van der Waals surface area contributed by atoms with E-state index in [1.54, 1.807) is 11.8 Å². The van der Waals surface area contributed by atoms with Gasteiger partial charge in [-0.3, -0.25) is 14.4 Å². The Morgan fingerprint density at radius 3 is 2.11 bits per heavy atom. The zero-order chi connectivity index (χ0) is 41.2. The summed E-state index contributed by atoms with van der Waals surface area (Å²) in [6, 6.07) is 2.01. The van der Waals surface area contributed by atoms with E-state index in [2.05, 4.69) is 17.4 Å². The third-order valence-corrected chi connectivity index (χ3v) is 10.9. The highest BCUT2D eigenvalue weighted by molar-refractivity contribution is 6.00. The quantitative estimate of drug-likeness (QED) is 0.0386. The fourth-order valence-corrected chi connectivity index (χ4v) is 7.43. The number of benzene rings is 1. The summed E-state index contributed by atoms with van der Waals surface area (Å²) in [6.45, 7) is 5.58. The number of methoxy groups -OCH3 is 1. The van der Waals surface area contributed by atoms with Crippen LogP contribution in [-0.2, 0) is 20.9 Å². The van der Waals surface area contributed by atoms with Crippen LogP contribution in [-0.4, -0.2) is 65.7 Å². The fraction of sp³-hybridized carbons (Fsp3) is 0.651. The van der Waals surface area contributed by atoms with Gasteiger partial charge in [0.25, 0.3) is 11.8 Å². The first-order valence-electron chi connectivity index (χ1n) is 21.0. The van der Waals surface area contributed by atoms with Gasteiger partial charge in [0.2, 0.25) is 17.1 Å². The van der Waals surface area contributed by atoms with Crippen molar-refractivity contribution in [2.75, 3.05) is 20.3 Å². The number of carbonyl (C=O) groups is 3. The Labute approximate surface area is 335 Å². The van der Waals surface area contributed by atoms with Crippen LogP contribution >= 0.6 is 0 Å². The first-order valence-corrected chi connectivity index (χ1v) is 21.0. The van der Waals surface area contributed by atoms with Crippen LogP contribution in [0.1, 0.15) is 169 Å². The van der Waals surface area contributed by atoms with Crippen molar-refractivity contribution in [1.29, 1.82) is 0 Å². The molecule has 0 aliphatic carbocycles. The zero-order valence-corrected chi connectivity index (χ0v) is 34.3. The fourth-order valence-electron chi connectivity index (χ4n) is 7.43.